The Kier molecular flexibility index (Phi) is 6.13. The highest BCUT2D eigenvalue weighted by atomic mass is 32.2. The number of amides is 1. The highest BCUT2D eigenvalue weighted by molar-refractivity contribution is 7.92. The topological polar surface area (TPSA) is 84.5 Å². The number of hydrogen-bond donors (Lipinski definition) is 2. The first kappa shape index (κ1) is 20.3. The Morgan fingerprint density at radius 2 is 1.69 bits per heavy atom. The molecule has 0 aromatic heterocycles. The van der Waals surface area contributed by atoms with Crippen molar-refractivity contribution in [3.05, 3.63) is 89.7 Å². The van der Waals surface area contributed by atoms with Crippen LogP contribution in [0.3, 0.4) is 0 Å². The second kappa shape index (κ2) is 8.74. The Balaban J connectivity index is 1.81. The molecule has 1 amide bonds. The highest BCUT2D eigenvalue weighted by Crippen LogP contribution is 2.24. The third-order valence-corrected chi connectivity index (χ3v) is 5.51. The van der Waals surface area contributed by atoms with Gasteiger partial charge in [0.1, 0.15) is 0 Å². The number of benzene rings is 3. The lowest BCUT2D eigenvalue weighted by Crippen LogP contribution is -2.25. The molecule has 3 rings (SSSR count). The summed E-state index contributed by atoms with van der Waals surface area (Å²) in [6, 6.07) is 18.8. The number of nitrogens with one attached hydrogen (secondary N) is 2. The van der Waals surface area contributed by atoms with E-state index in [1.807, 2.05) is 30.3 Å². The van der Waals surface area contributed by atoms with E-state index in [-0.39, 0.29) is 21.9 Å². The maximum atomic E-state index is 13.9. The number of sulfonamides is 1. The molecule has 0 atom stereocenters. The summed E-state index contributed by atoms with van der Waals surface area (Å²) in [5.41, 5.74) is 1.16. The summed E-state index contributed by atoms with van der Waals surface area (Å²) in [7, 11) is -2.82. The number of hydrogen-bond acceptors (Lipinski definition) is 4. The molecule has 0 aliphatic heterocycles. The van der Waals surface area contributed by atoms with Crippen molar-refractivity contribution < 1.29 is 22.3 Å². The van der Waals surface area contributed by atoms with Gasteiger partial charge in [0, 0.05) is 6.54 Å². The summed E-state index contributed by atoms with van der Waals surface area (Å²) in [5, 5.41) is 2.76. The van der Waals surface area contributed by atoms with Crippen molar-refractivity contribution in [3.8, 4) is 5.75 Å². The van der Waals surface area contributed by atoms with Gasteiger partial charge in [0.15, 0.2) is 11.6 Å². The third kappa shape index (κ3) is 4.91. The SMILES string of the molecule is COc1ccc(S(=O)(=O)Nc2ccccc2C(=O)NCc2ccccc2)cc1F. The van der Waals surface area contributed by atoms with Gasteiger partial charge in [-0.25, -0.2) is 12.8 Å². The first-order valence-electron chi connectivity index (χ1n) is 8.68. The molecular formula is C21H19FN2O4S. The molecule has 150 valence electrons. The van der Waals surface area contributed by atoms with Gasteiger partial charge in [0.05, 0.1) is 23.3 Å². The van der Waals surface area contributed by atoms with Gasteiger partial charge in [0.2, 0.25) is 0 Å². The van der Waals surface area contributed by atoms with Crippen LogP contribution in [-0.4, -0.2) is 21.4 Å². The molecule has 3 aromatic rings. The van der Waals surface area contributed by atoms with Crippen LogP contribution < -0.4 is 14.8 Å². The van der Waals surface area contributed by atoms with Crippen LogP contribution in [0, 0.1) is 5.82 Å². The highest BCUT2D eigenvalue weighted by Gasteiger charge is 2.20. The third-order valence-electron chi connectivity index (χ3n) is 4.15. The van der Waals surface area contributed by atoms with Crippen molar-refractivity contribution in [2.45, 2.75) is 11.4 Å². The van der Waals surface area contributed by atoms with Crippen molar-refractivity contribution in [2.24, 2.45) is 0 Å². The first-order valence-corrected chi connectivity index (χ1v) is 10.2. The van der Waals surface area contributed by atoms with Crippen LogP contribution in [0.1, 0.15) is 15.9 Å². The Morgan fingerprint density at radius 1 is 1.00 bits per heavy atom. The molecule has 6 nitrogen and oxygen atoms in total. The van der Waals surface area contributed by atoms with Gasteiger partial charge < -0.3 is 10.1 Å². The number of methoxy groups -OCH3 is 1. The molecular weight excluding hydrogens is 395 g/mol. The number of rotatable bonds is 7. The molecule has 0 saturated carbocycles. The summed E-state index contributed by atoms with van der Waals surface area (Å²) < 4.78 is 46.4. The number of halogens is 1. The minimum absolute atomic E-state index is 0.0651. The zero-order chi connectivity index (χ0) is 20.9. The number of para-hydroxylation sites is 1. The zero-order valence-corrected chi connectivity index (χ0v) is 16.4. The molecule has 0 aliphatic rings. The molecule has 0 radical (unpaired) electrons. The van der Waals surface area contributed by atoms with Crippen molar-refractivity contribution in [3.63, 3.8) is 0 Å². The summed E-state index contributed by atoms with van der Waals surface area (Å²) in [4.78, 5) is 12.3. The zero-order valence-electron chi connectivity index (χ0n) is 15.6. The lowest BCUT2D eigenvalue weighted by Gasteiger charge is -2.13. The quantitative estimate of drug-likeness (QED) is 0.619. The molecule has 0 fully saturated rings. The molecule has 0 unspecified atom stereocenters. The molecule has 3 aromatic carbocycles. The van der Waals surface area contributed by atoms with E-state index in [0.29, 0.717) is 6.54 Å². The van der Waals surface area contributed by atoms with Gasteiger partial charge in [-0.15, -0.1) is 0 Å². The Labute approximate surface area is 168 Å². The van der Waals surface area contributed by atoms with Gasteiger partial charge in [-0.2, -0.15) is 0 Å². The molecule has 8 heteroatoms. The van der Waals surface area contributed by atoms with Crippen LogP contribution >= 0.6 is 0 Å². The van der Waals surface area contributed by atoms with Crippen LogP contribution in [0.25, 0.3) is 0 Å². The number of ether oxygens (including phenoxy) is 1. The average molecular weight is 414 g/mol. The Hall–Kier alpha value is -3.39. The van der Waals surface area contributed by atoms with E-state index in [1.54, 1.807) is 12.1 Å². The molecule has 0 spiro atoms. The fraction of sp³-hybridized carbons (Fsp3) is 0.0952. The number of anilines is 1. The second-order valence-electron chi connectivity index (χ2n) is 6.12. The Morgan fingerprint density at radius 3 is 2.38 bits per heavy atom. The number of carbonyl (C=O) groups excluding carboxylic acids is 1. The lowest BCUT2D eigenvalue weighted by atomic mass is 10.1. The van der Waals surface area contributed by atoms with E-state index >= 15 is 0 Å². The predicted molar refractivity (Wildman–Crippen MR) is 108 cm³/mol. The van der Waals surface area contributed by atoms with Crippen molar-refractivity contribution in [1.82, 2.24) is 5.32 Å². The van der Waals surface area contributed by atoms with E-state index < -0.39 is 21.7 Å². The van der Waals surface area contributed by atoms with Crippen molar-refractivity contribution in [2.75, 3.05) is 11.8 Å². The summed E-state index contributed by atoms with van der Waals surface area (Å²) >= 11 is 0. The molecule has 29 heavy (non-hydrogen) atoms. The van der Waals surface area contributed by atoms with E-state index in [9.17, 15) is 17.6 Å². The minimum Gasteiger partial charge on any atom is -0.494 e. The largest absolute Gasteiger partial charge is 0.494 e. The van der Waals surface area contributed by atoms with Gasteiger partial charge in [-0.05, 0) is 35.9 Å². The van der Waals surface area contributed by atoms with E-state index in [4.69, 9.17) is 4.74 Å². The molecule has 0 heterocycles. The summed E-state index contributed by atoms with van der Waals surface area (Å²) in [5.74, 6) is -1.30. The minimum atomic E-state index is -4.11. The fourth-order valence-corrected chi connectivity index (χ4v) is 3.75. The second-order valence-corrected chi connectivity index (χ2v) is 7.80. The molecule has 2 N–H and O–H groups in total. The maximum Gasteiger partial charge on any atom is 0.262 e. The molecule has 0 saturated heterocycles. The standard InChI is InChI=1S/C21H19FN2O4S/c1-28-20-12-11-16(13-18(20)22)29(26,27)24-19-10-6-5-9-17(19)21(25)23-14-15-7-3-2-4-8-15/h2-13,24H,14H2,1H3,(H,23,25). The van der Waals surface area contributed by atoms with Crippen LogP contribution in [0.4, 0.5) is 10.1 Å². The fourth-order valence-electron chi connectivity index (χ4n) is 2.66. The summed E-state index contributed by atoms with van der Waals surface area (Å²) in [6.07, 6.45) is 0. The van der Waals surface area contributed by atoms with Crippen molar-refractivity contribution >= 4 is 21.6 Å². The van der Waals surface area contributed by atoms with Crippen LogP contribution in [0.15, 0.2) is 77.7 Å². The lowest BCUT2D eigenvalue weighted by molar-refractivity contribution is 0.0952. The Bertz CT molecular complexity index is 1120. The van der Waals surface area contributed by atoms with Gasteiger partial charge >= 0.3 is 0 Å². The van der Waals surface area contributed by atoms with Gasteiger partial charge in [-0.3, -0.25) is 9.52 Å². The first-order chi connectivity index (χ1) is 13.9. The van der Waals surface area contributed by atoms with Crippen LogP contribution in [-0.2, 0) is 16.6 Å². The van der Waals surface area contributed by atoms with E-state index in [0.717, 1.165) is 11.6 Å². The van der Waals surface area contributed by atoms with Crippen LogP contribution in [0.5, 0.6) is 5.75 Å². The normalized spacial score (nSPS) is 11.0. The van der Waals surface area contributed by atoms with Gasteiger partial charge in [0.25, 0.3) is 15.9 Å². The number of carbonyl (C=O) groups is 1. The summed E-state index contributed by atoms with van der Waals surface area (Å²) in [6.45, 7) is 0.296. The maximum absolute atomic E-state index is 13.9. The smallest absolute Gasteiger partial charge is 0.262 e. The molecule has 0 aliphatic carbocycles. The average Bonchev–Trinajstić information content (AvgIpc) is 2.73. The van der Waals surface area contributed by atoms with E-state index in [1.165, 1.54) is 31.4 Å². The van der Waals surface area contributed by atoms with Gasteiger partial charge in [-0.1, -0.05) is 42.5 Å². The predicted octanol–water partition coefficient (Wildman–Crippen LogP) is 3.57. The monoisotopic (exact) mass is 414 g/mol. The molecule has 0 bridgehead atoms. The van der Waals surface area contributed by atoms with Crippen molar-refractivity contribution in [1.29, 1.82) is 0 Å². The van der Waals surface area contributed by atoms with Crippen LogP contribution in [0.2, 0.25) is 0 Å². The van der Waals surface area contributed by atoms with E-state index in [2.05, 4.69) is 10.0 Å².